The highest BCUT2D eigenvalue weighted by Gasteiger charge is 2.01. The number of carbonyl (C=O) groups is 1. The first kappa shape index (κ1) is 10.1. The van der Waals surface area contributed by atoms with E-state index in [1.165, 1.54) is 18.5 Å². The summed E-state index contributed by atoms with van der Waals surface area (Å²) in [6.45, 7) is 0. The van der Waals surface area contributed by atoms with Crippen LogP contribution in [0.15, 0.2) is 42.9 Å². The highest BCUT2D eigenvalue weighted by atomic mass is 16.4. The Morgan fingerprint density at radius 3 is 2.50 bits per heavy atom. The van der Waals surface area contributed by atoms with Crippen LogP contribution in [-0.4, -0.2) is 21.0 Å². The second-order valence-corrected chi connectivity index (χ2v) is 3.10. The zero-order chi connectivity index (χ0) is 11.4. The van der Waals surface area contributed by atoms with Crippen molar-refractivity contribution in [3.8, 4) is 0 Å². The quantitative estimate of drug-likeness (QED) is 0.818. The van der Waals surface area contributed by atoms with Gasteiger partial charge in [-0.25, -0.2) is 14.8 Å². The molecule has 0 aliphatic rings. The first-order chi connectivity index (χ1) is 7.75. The summed E-state index contributed by atoms with van der Waals surface area (Å²) in [6, 6.07) is 8.17. The third kappa shape index (κ3) is 2.33. The van der Waals surface area contributed by atoms with Gasteiger partial charge in [0.15, 0.2) is 0 Å². The Bertz CT molecular complexity index is 482. The molecule has 0 aliphatic heterocycles. The van der Waals surface area contributed by atoms with Gasteiger partial charge in [0.2, 0.25) is 0 Å². The molecule has 0 unspecified atom stereocenters. The third-order valence-corrected chi connectivity index (χ3v) is 1.99. The summed E-state index contributed by atoms with van der Waals surface area (Å²) in [4.78, 5) is 18.4. The molecule has 0 bridgehead atoms. The fourth-order valence-corrected chi connectivity index (χ4v) is 1.21. The number of benzene rings is 1. The Kier molecular flexibility index (Phi) is 2.77. The summed E-state index contributed by atoms with van der Waals surface area (Å²) >= 11 is 0. The maximum absolute atomic E-state index is 10.6. The minimum absolute atomic E-state index is 0.258. The largest absolute Gasteiger partial charge is 0.478 e. The topological polar surface area (TPSA) is 75.1 Å². The summed E-state index contributed by atoms with van der Waals surface area (Å²) in [5.74, 6) is -0.272. The van der Waals surface area contributed by atoms with Crippen molar-refractivity contribution in [2.75, 3.05) is 5.32 Å². The van der Waals surface area contributed by atoms with Crippen molar-refractivity contribution in [1.29, 1.82) is 0 Å². The molecule has 1 aromatic heterocycles. The Morgan fingerprint density at radius 2 is 1.94 bits per heavy atom. The van der Waals surface area contributed by atoms with E-state index in [-0.39, 0.29) is 5.56 Å². The fraction of sp³-hybridized carbons (Fsp3) is 0. The van der Waals surface area contributed by atoms with E-state index < -0.39 is 5.97 Å². The highest BCUT2D eigenvalue weighted by Crippen LogP contribution is 2.14. The number of carboxylic acids is 1. The minimum Gasteiger partial charge on any atom is -0.478 e. The lowest BCUT2D eigenvalue weighted by Gasteiger charge is -2.04. The normalized spacial score (nSPS) is 9.75. The van der Waals surface area contributed by atoms with E-state index in [4.69, 9.17) is 5.11 Å². The molecule has 5 nitrogen and oxygen atoms in total. The molecule has 0 aliphatic carbocycles. The van der Waals surface area contributed by atoms with Gasteiger partial charge in [-0.15, -0.1) is 0 Å². The molecule has 2 N–H and O–H groups in total. The lowest BCUT2D eigenvalue weighted by atomic mass is 10.2. The summed E-state index contributed by atoms with van der Waals surface area (Å²) in [5, 5.41) is 11.8. The van der Waals surface area contributed by atoms with Crippen molar-refractivity contribution in [2.45, 2.75) is 0 Å². The van der Waals surface area contributed by atoms with Crippen LogP contribution < -0.4 is 5.32 Å². The Hall–Kier alpha value is -2.43. The van der Waals surface area contributed by atoms with Gasteiger partial charge in [0.05, 0.1) is 5.56 Å². The highest BCUT2D eigenvalue weighted by molar-refractivity contribution is 5.88. The van der Waals surface area contributed by atoms with Gasteiger partial charge in [-0.05, 0) is 30.3 Å². The maximum Gasteiger partial charge on any atom is 0.335 e. The molecule has 16 heavy (non-hydrogen) atoms. The molecule has 5 heteroatoms. The van der Waals surface area contributed by atoms with Crippen LogP contribution in [0.5, 0.6) is 0 Å². The second kappa shape index (κ2) is 4.39. The summed E-state index contributed by atoms with van der Waals surface area (Å²) in [6.07, 6.45) is 3.06. The molecule has 0 amide bonds. The van der Waals surface area contributed by atoms with Crippen LogP contribution in [-0.2, 0) is 0 Å². The number of nitrogens with zero attached hydrogens (tertiary/aromatic N) is 2. The Labute approximate surface area is 91.8 Å². The maximum atomic E-state index is 10.6. The predicted octanol–water partition coefficient (Wildman–Crippen LogP) is 1.92. The lowest BCUT2D eigenvalue weighted by Crippen LogP contribution is -1.97. The summed E-state index contributed by atoms with van der Waals surface area (Å²) < 4.78 is 0. The smallest absolute Gasteiger partial charge is 0.335 e. The number of anilines is 2. The Morgan fingerprint density at radius 1 is 1.19 bits per heavy atom. The van der Waals surface area contributed by atoms with E-state index in [0.717, 1.165) is 5.69 Å². The fourth-order valence-electron chi connectivity index (χ4n) is 1.21. The summed E-state index contributed by atoms with van der Waals surface area (Å²) in [7, 11) is 0. The summed E-state index contributed by atoms with van der Waals surface area (Å²) in [5.41, 5.74) is 1.04. The zero-order valence-corrected chi connectivity index (χ0v) is 8.29. The lowest BCUT2D eigenvalue weighted by molar-refractivity contribution is 0.0697. The molecule has 0 fully saturated rings. The molecular formula is C11H9N3O2. The van der Waals surface area contributed by atoms with Gasteiger partial charge >= 0.3 is 5.97 Å². The van der Waals surface area contributed by atoms with Gasteiger partial charge in [0.25, 0.3) is 0 Å². The monoisotopic (exact) mass is 215 g/mol. The van der Waals surface area contributed by atoms with E-state index in [2.05, 4.69) is 15.3 Å². The van der Waals surface area contributed by atoms with Crippen molar-refractivity contribution in [2.24, 2.45) is 0 Å². The average molecular weight is 215 g/mol. The number of nitrogens with one attached hydrogen (secondary N) is 1. The predicted molar refractivity (Wildman–Crippen MR) is 58.7 cm³/mol. The van der Waals surface area contributed by atoms with E-state index in [9.17, 15) is 4.79 Å². The van der Waals surface area contributed by atoms with Crippen molar-refractivity contribution >= 4 is 17.5 Å². The van der Waals surface area contributed by atoms with Crippen LogP contribution in [0.4, 0.5) is 11.5 Å². The molecule has 0 saturated carbocycles. The third-order valence-electron chi connectivity index (χ3n) is 1.99. The standard InChI is InChI=1S/C11H9N3O2/c15-11(16)8-1-3-9(4-2-8)14-10-5-6-12-7-13-10/h1-7H,(H,15,16)(H,12,13,14). The van der Waals surface area contributed by atoms with Crippen LogP contribution >= 0.6 is 0 Å². The van der Waals surface area contributed by atoms with Crippen LogP contribution in [0.25, 0.3) is 0 Å². The van der Waals surface area contributed by atoms with E-state index in [1.807, 2.05) is 0 Å². The van der Waals surface area contributed by atoms with Crippen molar-refractivity contribution < 1.29 is 9.90 Å². The molecule has 80 valence electrons. The molecule has 2 aromatic rings. The molecule has 1 heterocycles. The van der Waals surface area contributed by atoms with Crippen LogP contribution in [0, 0.1) is 0 Å². The van der Waals surface area contributed by atoms with Crippen molar-refractivity contribution in [3.05, 3.63) is 48.4 Å². The van der Waals surface area contributed by atoms with Gasteiger partial charge < -0.3 is 10.4 Å². The van der Waals surface area contributed by atoms with Crippen LogP contribution in [0.2, 0.25) is 0 Å². The molecule has 0 radical (unpaired) electrons. The molecule has 2 rings (SSSR count). The number of hydrogen-bond donors (Lipinski definition) is 2. The number of aromatic nitrogens is 2. The number of aromatic carboxylic acids is 1. The first-order valence-electron chi connectivity index (χ1n) is 4.62. The van der Waals surface area contributed by atoms with Gasteiger partial charge in [-0.1, -0.05) is 0 Å². The van der Waals surface area contributed by atoms with Gasteiger partial charge in [0.1, 0.15) is 12.1 Å². The van der Waals surface area contributed by atoms with E-state index in [1.54, 1.807) is 24.4 Å². The van der Waals surface area contributed by atoms with Crippen molar-refractivity contribution in [1.82, 2.24) is 9.97 Å². The van der Waals surface area contributed by atoms with Gasteiger partial charge in [-0.2, -0.15) is 0 Å². The van der Waals surface area contributed by atoms with E-state index >= 15 is 0 Å². The van der Waals surface area contributed by atoms with Gasteiger partial charge in [0, 0.05) is 11.9 Å². The number of rotatable bonds is 3. The number of hydrogen-bond acceptors (Lipinski definition) is 4. The van der Waals surface area contributed by atoms with Crippen molar-refractivity contribution in [3.63, 3.8) is 0 Å². The minimum atomic E-state index is -0.936. The Balaban J connectivity index is 2.14. The molecular weight excluding hydrogens is 206 g/mol. The second-order valence-electron chi connectivity index (χ2n) is 3.10. The molecule has 0 atom stereocenters. The van der Waals surface area contributed by atoms with Crippen LogP contribution in [0.1, 0.15) is 10.4 Å². The first-order valence-corrected chi connectivity index (χ1v) is 4.62. The molecule has 0 saturated heterocycles. The van der Waals surface area contributed by atoms with E-state index in [0.29, 0.717) is 5.82 Å². The van der Waals surface area contributed by atoms with Gasteiger partial charge in [-0.3, -0.25) is 0 Å². The zero-order valence-electron chi connectivity index (χ0n) is 8.29. The van der Waals surface area contributed by atoms with Crippen LogP contribution in [0.3, 0.4) is 0 Å². The average Bonchev–Trinajstić information content (AvgIpc) is 2.31. The molecule has 1 aromatic carbocycles. The number of carboxylic acid groups (broad SMARTS) is 1. The SMILES string of the molecule is O=C(O)c1ccc(Nc2ccncn2)cc1. The molecule has 0 spiro atoms.